The molecule has 1 aromatic carbocycles. The average molecular weight is 294 g/mol. The summed E-state index contributed by atoms with van der Waals surface area (Å²) >= 11 is 3.63. The largest absolute Gasteiger partial charge is 0.262 e. The summed E-state index contributed by atoms with van der Waals surface area (Å²) in [6.45, 7) is 0. The third-order valence-corrected chi connectivity index (χ3v) is 3.67. The van der Waals surface area contributed by atoms with Gasteiger partial charge in [-0.25, -0.2) is 4.39 Å². The zero-order chi connectivity index (χ0) is 12.1. The second kappa shape index (κ2) is 5.92. The summed E-state index contributed by atoms with van der Waals surface area (Å²) in [6.07, 6.45) is 4.47. The molecular formula is C14H13BrFN. The molecule has 17 heavy (non-hydrogen) atoms. The fourth-order valence-corrected chi connectivity index (χ4v) is 2.25. The van der Waals surface area contributed by atoms with Gasteiger partial charge in [-0.2, -0.15) is 0 Å². The number of rotatable bonds is 4. The first kappa shape index (κ1) is 12.2. The standard InChI is InChI=1S/C14H13BrFN/c15-13(11-4-2-1-3-5-11)7-6-12-8-9-17-10-14(12)16/h1-5,8-10,13H,6-7H2. The molecule has 0 bridgehead atoms. The van der Waals surface area contributed by atoms with E-state index in [1.54, 1.807) is 12.3 Å². The number of benzene rings is 1. The molecule has 1 unspecified atom stereocenters. The van der Waals surface area contributed by atoms with Gasteiger partial charge in [0, 0.05) is 11.0 Å². The van der Waals surface area contributed by atoms with Gasteiger partial charge in [0.25, 0.3) is 0 Å². The molecule has 88 valence electrons. The lowest BCUT2D eigenvalue weighted by atomic mass is 10.0. The Morgan fingerprint density at radius 1 is 1.18 bits per heavy atom. The van der Waals surface area contributed by atoms with E-state index >= 15 is 0 Å². The van der Waals surface area contributed by atoms with E-state index in [0.717, 1.165) is 12.0 Å². The molecule has 0 saturated heterocycles. The van der Waals surface area contributed by atoms with E-state index < -0.39 is 0 Å². The van der Waals surface area contributed by atoms with Crippen LogP contribution in [0, 0.1) is 5.82 Å². The summed E-state index contributed by atoms with van der Waals surface area (Å²) in [7, 11) is 0. The van der Waals surface area contributed by atoms with Crippen LogP contribution in [0.2, 0.25) is 0 Å². The van der Waals surface area contributed by atoms with Crippen molar-refractivity contribution in [2.24, 2.45) is 0 Å². The van der Waals surface area contributed by atoms with E-state index in [2.05, 4.69) is 33.0 Å². The molecule has 0 aliphatic heterocycles. The maximum absolute atomic E-state index is 13.4. The van der Waals surface area contributed by atoms with Crippen LogP contribution in [0.3, 0.4) is 0 Å². The van der Waals surface area contributed by atoms with Crippen LogP contribution >= 0.6 is 15.9 Å². The molecule has 1 atom stereocenters. The predicted molar refractivity (Wildman–Crippen MR) is 70.6 cm³/mol. The Bertz CT molecular complexity index is 473. The van der Waals surface area contributed by atoms with Crippen molar-refractivity contribution in [3.8, 4) is 0 Å². The third-order valence-electron chi connectivity index (χ3n) is 2.68. The summed E-state index contributed by atoms with van der Waals surface area (Å²) in [4.78, 5) is 4.00. The van der Waals surface area contributed by atoms with E-state index in [0.29, 0.717) is 6.42 Å². The van der Waals surface area contributed by atoms with Crippen LogP contribution in [-0.2, 0) is 6.42 Å². The molecule has 0 N–H and O–H groups in total. The minimum Gasteiger partial charge on any atom is -0.262 e. The Balaban J connectivity index is 1.97. The van der Waals surface area contributed by atoms with E-state index in [1.807, 2.05) is 18.2 Å². The molecule has 2 rings (SSSR count). The zero-order valence-corrected chi connectivity index (χ0v) is 10.9. The first-order valence-corrected chi connectivity index (χ1v) is 6.46. The van der Waals surface area contributed by atoms with Gasteiger partial charge >= 0.3 is 0 Å². The molecule has 3 heteroatoms. The summed E-state index contributed by atoms with van der Waals surface area (Å²) in [5.41, 5.74) is 1.95. The number of nitrogens with zero attached hydrogens (tertiary/aromatic N) is 1. The summed E-state index contributed by atoms with van der Waals surface area (Å²) in [5, 5.41) is 0. The quantitative estimate of drug-likeness (QED) is 0.767. The third kappa shape index (κ3) is 3.37. The minimum atomic E-state index is -0.222. The van der Waals surface area contributed by atoms with Crippen molar-refractivity contribution >= 4 is 15.9 Å². The second-order valence-corrected chi connectivity index (χ2v) is 4.99. The Kier molecular flexibility index (Phi) is 4.26. The molecule has 1 heterocycles. The van der Waals surface area contributed by atoms with Crippen molar-refractivity contribution in [2.45, 2.75) is 17.7 Å². The van der Waals surface area contributed by atoms with Gasteiger partial charge in [-0.05, 0) is 30.0 Å². The van der Waals surface area contributed by atoms with Gasteiger partial charge in [-0.15, -0.1) is 0 Å². The van der Waals surface area contributed by atoms with E-state index in [9.17, 15) is 4.39 Å². The maximum atomic E-state index is 13.4. The van der Waals surface area contributed by atoms with Crippen LogP contribution in [0.1, 0.15) is 22.4 Å². The van der Waals surface area contributed by atoms with Crippen LogP contribution < -0.4 is 0 Å². The lowest BCUT2D eigenvalue weighted by molar-refractivity contribution is 0.597. The molecule has 0 aliphatic carbocycles. The molecular weight excluding hydrogens is 281 g/mol. The predicted octanol–water partition coefficient (Wildman–Crippen LogP) is 4.29. The highest BCUT2D eigenvalue weighted by atomic mass is 79.9. The van der Waals surface area contributed by atoms with Crippen LogP contribution in [0.25, 0.3) is 0 Å². The lowest BCUT2D eigenvalue weighted by Crippen LogP contribution is -1.96. The summed E-state index contributed by atoms with van der Waals surface area (Å²) in [6, 6.07) is 11.9. The SMILES string of the molecule is Fc1cnccc1CCC(Br)c1ccccc1. The highest BCUT2D eigenvalue weighted by Gasteiger charge is 2.08. The van der Waals surface area contributed by atoms with Crippen molar-refractivity contribution in [1.82, 2.24) is 4.98 Å². The fourth-order valence-electron chi connectivity index (χ4n) is 1.72. The monoisotopic (exact) mass is 293 g/mol. The maximum Gasteiger partial charge on any atom is 0.144 e. The van der Waals surface area contributed by atoms with Gasteiger partial charge in [-0.3, -0.25) is 4.98 Å². The minimum absolute atomic E-state index is 0.222. The highest BCUT2D eigenvalue weighted by molar-refractivity contribution is 9.09. The highest BCUT2D eigenvalue weighted by Crippen LogP contribution is 2.27. The van der Waals surface area contributed by atoms with Crippen molar-refractivity contribution in [3.63, 3.8) is 0 Å². The van der Waals surface area contributed by atoms with Gasteiger partial charge in [0.1, 0.15) is 5.82 Å². The Morgan fingerprint density at radius 3 is 2.65 bits per heavy atom. The van der Waals surface area contributed by atoms with Crippen molar-refractivity contribution in [1.29, 1.82) is 0 Å². The number of alkyl halides is 1. The van der Waals surface area contributed by atoms with Crippen molar-refractivity contribution in [3.05, 3.63) is 65.7 Å². The van der Waals surface area contributed by atoms with Gasteiger partial charge < -0.3 is 0 Å². The number of hydrogen-bond donors (Lipinski definition) is 0. The topological polar surface area (TPSA) is 12.9 Å². The Hall–Kier alpha value is -1.22. The Morgan fingerprint density at radius 2 is 1.94 bits per heavy atom. The zero-order valence-electron chi connectivity index (χ0n) is 9.31. The first-order chi connectivity index (χ1) is 8.27. The van der Waals surface area contributed by atoms with Crippen LogP contribution in [-0.4, -0.2) is 4.98 Å². The van der Waals surface area contributed by atoms with Crippen molar-refractivity contribution < 1.29 is 4.39 Å². The number of aryl methyl sites for hydroxylation is 1. The molecule has 2 aromatic rings. The molecule has 0 radical (unpaired) electrons. The number of halogens is 2. The molecule has 1 aromatic heterocycles. The summed E-state index contributed by atoms with van der Waals surface area (Å²) in [5.74, 6) is -0.222. The van der Waals surface area contributed by atoms with Crippen LogP contribution in [0.5, 0.6) is 0 Å². The molecule has 0 amide bonds. The Labute approximate surface area is 109 Å². The molecule has 1 nitrogen and oxygen atoms in total. The number of hydrogen-bond acceptors (Lipinski definition) is 1. The molecule has 0 saturated carbocycles. The van der Waals surface area contributed by atoms with Gasteiger partial charge in [0.2, 0.25) is 0 Å². The molecule has 0 fully saturated rings. The normalized spacial score (nSPS) is 12.4. The second-order valence-electron chi connectivity index (χ2n) is 3.88. The average Bonchev–Trinajstić information content (AvgIpc) is 2.38. The van der Waals surface area contributed by atoms with Crippen molar-refractivity contribution in [2.75, 3.05) is 0 Å². The summed E-state index contributed by atoms with van der Waals surface area (Å²) < 4.78 is 13.4. The lowest BCUT2D eigenvalue weighted by Gasteiger charge is -2.10. The molecule has 0 aliphatic rings. The van der Waals surface area contributed by atoms with Gasteiger partial charge in [0.15, 0.2) is 0 Å². The van der Waals surface area contributed by atoms with Gasteiger partial charge in [-0.1, -0.05) is 46.3 Å². The number of aromatic nitrogens is 1. The smallest absolute Gasteiger partial charge is 0.144 e. The van der Waals surface area contributed by atoms with E-state index in [1.165, 1.54) is 11.8 Å². The van der Waals surface area contributed by atoms with Crippen LogP contribution in [0.15, 0.2) is 48.8 Å². The fraction of sp³-hybridized carbons (Fsp3) is 0.214. The van der Waals surface area contributed by atoms with E-state index in [4.69, 9.17) is 0 Å². The molecule has 0 spiro atoms. The van der Waals surface area contributed by atoms with Gasteiger partial charge in [0.05, 0.1) is 6.20 Å². The first-order valence-electron chi connectivity index (χ1n) is 5.55. The number of pyridine rings is 1. The van der Waals surface area contributed by atoms with Crippen LogP contribution in [0.4, 0.5) is 4.39 Å². The van der Waals surface area contributed by atoms with E-state index in [-0.39, 0.29) is 10.6 Å².